The van der Waals surface area contributed by atoms with E-state index < -0.39 is 0 Å². The maximum atomic E-state index is 11.5. The lowest BCUT2D eigenvalue weighted by atomic mass is 10.4. The van der Waals surface area contributed by atoms with E-state index in [2.05, 4.69) is 20.6 Å². The summed E-state index contributed by atoms with van der Waals surface area (Å²) in [4.78, 5) is 11.5. The largest absolute Gasteiger partial charge is 0.309 e. The molecule has 0 unspecified atom stereocenters. The molecule has 0 spiro atoms. The minimum Gasteiger partial charge on any atom is -0.309 e. The number of carbonyl (C=O) groups is 1. The normalized spacial score (nSPS) is 10.2. The van der Waals surface area contributed by atoms with Gasteiger partial charge in [-0.25, -0.2) is 0 Å². The maximum Gasteiger partial charge on any atom is 0.227 e. The van der Waals surface area contributed by atoms with Crippen molar-refractivity contribution in [3.8, 4) is 0 Å². The van der Waals surface area contributed by atoms with Gasteiger partial charge in [0.05, 0.1) is 0 Å². The van der Waals surface area contributed by atoms with Crippen LogP contribution in [-0.4, -0.2) is 25.9 Å². The Morgan fingerprint density at radius 3 is 2.94 bits per heavy atom. The van der Waals surface area contributed by atoms with E-state index in [4.69, 9.17) is 11.6 Å². The van der Waals surface area contributed by atoms with Gasteiger partial charge in [-0.05, 0) is 18.2 Å². The Bertz CT molecular complexity index is 482. The van der Waals surface area contributed by atoms with Crippen LogP contribution in [0.25, 0.3) is 0 Å². The van der Waals surface area contributed by atoms with Gasteiger partial charge in [-0.2, -0.15) is 5.10 Å². The van der Waals surface area contributed by atoms with Crippen LogP contribution in [0.5, 0.6) is 0 Å². The SMILES string of the molecule is O=C(CCn1cccn1)Nc1ccc(Cl)nn1. The topological polar surface area (TPSA) is 72.7 Å². The van der Waals surface area contributed by atoms with E-state index in [0.717, 1.165) is 0 Å². The van der Waals surface area contributed by atoms with Crippen molar-refractivity contribution in [1.82, 2.24) is 20.0 Å². The van der Waals surface area contributed by atoms with Crippen molar-refractivity contribution < 1.29 is 4.79 Å². The number of hydrogen-bond acceptors (Lipinski definition) is 4. The van der Waals surface area contributed by atoms with Gasteiger partial charge >= 0.3 is 0 Å². The van der Waals surface area contributed by atoms with Crippen molar-refractivity contribution >= 4 is 23.3 Å². The van der Waals surface area contributed by atoms with Crippen LogP contribution < -0.4 is 5.32 Å². The number of carbonyl (C=O) groups excluding carboxylic acids is 1. The van der Waals surface area contributed by atoms with Gasteiger partial charge in [-0.15, -0.1) is 10.2 Å². The van der Waals surface area contributed by atoms with Gasteiger partial charge < -0.3 is 5.32 Å². The van der Waals surface area contributed by atoms with Gasteiger partial charge in [-0.3, -0.25) is 9.48 Å². The zero-order valence-corrected chi connectivity index (χ0v) is 9.63. The molecule has 17 heavy (non-hydrogen) atoms. The monoisotopic (exact) mass is 251 g/mol. The molecule has 0 radical (unpaired) electrons. The van der Waals surface area contributed by atoms with Gasteiger partial charge in [-0.1, -0.05) is 11.6 Å². The first-order valence-electron chi connectivity index (χ1n) is 5.00. The van der Waals surface area contributed by atoms with Crippen LogP contribution in [0.4, 0.5) is 5.82 Å². The summed E-state index contributed by atoms with van der Waals surface area (Å²) in [6, 6.07) is 4.97. The number of nitrogens with zero attached hydrogens (tertiary/aromatic N) is 4. The van der Waals surface area contributed by atoms with Gasteiger partial charge in [0.15, 0.2) is 11.0 Å². The highest BCUT2D eigenvalue weighted by Gasteiger charge is 2.04. The van der Waals surface area contributed by atoms with Gasteiger partial charge in [0, 0.05) is 25.4 Å². The summed E-state index contributed by atoms with van der Waals surface area (Å²) in [7, 11) is 0. The highest BCUT2D eigenvalue weighted by atomic mass is 35.5. The minimum absolute atomic E-state index is 0.142. The van der Waals surface area contributed by atoms with E-state index in [1.54, 1.807) is 29.2 Å². The van der Waals surface area contributed by atoms with Crippen LogP contribution in [0.1, 0.15) is 6.42 Å². The molecule has 2 aromatic rings. The second-order valence-electron chi connectivity index (χ2n) is 3.31. The minimum atomic E-state index is -0.142. The first kappa shape index (κ1) is 11.5. The molecule has 7 heteroatoms. The number of hydrogen-bond donors (Lipinski definition) is 1. The van der Waals surface area contributed by atoms with Crippen molar-refractivity contribution in [3.05, 3.63) is 35.7 Å². The number of aryl methyl sites for hydroxylation is 1. The molecular formula is C10H10ClN5O. The van der Waals surface area contributed by atoms with Crippen LogP contribution in [0.15, 0.2) is 30.6 Å². The molecule has 1 N–H and O–H groups in total. The quantitative estimate of drug-likeness (QED) is 0.890. The molecule has 2 rings (SSSR count). The third kappa shape index (κ3) is 3.53. The first-order chi connectivity index (χ1) is 8.24. The van der Waals surface area contributed by atoms with Crippen molar-refractivity contribution in [2.75, 3.05) is 5.32 Å². The molecule has 1 amide bonds. The zero-order chi connectivity index (χ0) is 12.1. The summed E-state index contributed by atoms with van der Waals surface area (Å²) in [5, 5.41) is 14.3. The maximum absolute atomic E-state index is 11.5. The lowest BCUT2D eigenvalue weighted by Crippen LogP contribution is -2.15. The summed E-state index contributed by atoms with van der Waals surface area (Å²) in [6.07, 6.45) is 3.80. The van der Waals surface area contributed by atoms with Crippen LogP contribution in [0.3, 0.4) is 0 Å². The number of amides is 1. The van der Waals surface area contributed by atoms with E-state index in [-0.39, 0.29) is 5.91 Å². The van der Waals surface area contributed by atoms with E-state index in [1.165, 1.54) is 0 Å². The number of nitrogens with one attached hydrogen (secondary N) is 1. The second-order valence-corrected chi connectivity index (χ2v) is 3.70. The number of rotatable bonds is 4. The Morgan fingerprint density at radius 2 is 2.29 bits per heavy atom. The van der Waals surface area contributed by atoms with E-state index in [9.17, 15) is 4.79 Å². The zero-order valence-electron chi connectivity index (χ0n) is 8.88. The summed E-state index contributed by atoms with van der Waals surface area (Å²) < 4.78 is 1.69. The summed E-state index contributed by atoms with van der Waals surface area (Å²) in [6.45, 7) is 0.528. The smallest absolute Gasteiger partial charge is 0.227 e. The highest BCUT2D eigenvalue weighted by Crippen LogP contribution is 2.06. The fraction of sp³-hybridized carbons (Fsp3) is 0.200. The Morgan fingerprint density at radius 1 is 1.41 bits per heavy atom. The summed E-state index contributed by atoms with van der Waals surface area (Å²) >= 11 is 5.58. The molecule has 0 atom stereocenters. The molecule has 0 saturated carbocycles. The van der Waals surface area contributed by atoms with Crippen molar-refractivity contribution in [1.29, 1.82) is 0 Å². The van der Waals surface area contributed by atoms with Crippen LogP contribution in [0.2, 0.25) is 5.15 Å². The number of halogens is 1. The molecule has 88 valence electrons. The summed E-state index contributed by atoms with van der Waals surface area (Å²) in [5.41, 5.74) is 0. The molecule has 0 bridgehead atoms. The molecule has 0 aromatic carbocycles. The standard InChI is InChI=1S/C10H10ClN5O/c11-8-2-3-9(15-14-8)13-10(17)4-7-16-6-1-5-12-16/h1-3,5-6H,4,7H2,(H,13,15,17). The second kappa shape index (κ2) is 5.40. The number of aromatic nitrogens is 4. The van der Waals surface area contributed by atoms with Crippen molar-refractivity contribution in [2.45, 2.75) is 13.0 Å². The molecule has 0 fully saturated rings. The first-order valence-corrected chi connectivity index (χ1v) is 5.38. The van der Waals surface area contributed by atoms with Crippen LogP contribution in [0, 0.1) is 0 Å². The molecule has 2 aromatic heterocycles. The molecule has 0 aliphatic carbocycles. The molecule has 2 heterocycles. The van der Waals surface area contributed by atoms with E-state index in [0.29, 0.717) is 23.9 Å². The Balaban J connectivity index is 1.83. The van der Waals surface area contributed by atoms with E-state index in [1.807, 2.05) is 6.07 Å². The predicted molar refractivity (Wildman–Crippen MR) is 62.5 cm³/mol. The van der Waals surface area contributed by atoms with Crippen molar-refractivity contribution in [3.63, 3.8) is 0 Å². The molecule has 0 saturated heterocycles. The highest BCUT2D eigenvalue weighted by molar-refractivity contribution is 6.29. The lowest BCUT2D eigenvalue weighted by Gasteiger charge is -2.03. The average Bonchev–Trinajstić information content (AvgIpc) is 2.83. The lowest BCUT2D eigenvalue weighted by molar-refractivity contribution is -0.116. The average molecular weight is 252 g/mol. The van der Waals surface area contributed by atoms with Crippen molar-refractivity contribution in [2.24, 2.45) is 0 Å². The van der Waals surface area contributed by atoms with Gasteiger partial charge in [0.1, 0.15) is 0 Å². The molecule has 0 aliphatic rings. The third-order valence-corrected chi connectivity index (χ3v) is 2.23. The molecular weight excluding hydrogens is 242 g/mol. The fourth-order valence-electron chi connectivity index (χ4n) is 1.24. The van der Waals surface area contributed by atoms with Gasteiger partial charge in [0.2, 0.25) is 5.91 Å². The Hall–Kier alpha value is -1.95. The predicted octanol–water partition coefficient (Wildman–Crippen LogP) is 1.36. The molecule has 6 nitrogen and oxygen atoms in total. The third-order valence-electron chi connectivity index (χ3n) is 2.03. The Labute approximate surface area is 103 Å². The van der Waals surface area contributed by atoms with E-state index >= 15 is 0 Å². The molecule has 0 aliphatic heterocycles. The van der Waals surface area contributed by atoms with Crippen LogP contribution in [-0.2, 0) is 11.3 Å². The summed E-state index contributed by atoms with van der Waals surface area (Å²) in [5.74, 6) is 0.247. The Kier molecular flexibility index (Phi) is 3.66. The van der Waals surface area contributed by atoms with Crippen LogP contribution >= 0.6 is 11.6 Å². The number of anilines is 1. The van der Waals surface area contributed by atoms with Gasteiger partial charge in [0.25, 0.3) is 0 Å². The fourth-order valence-corrected chi connectivity index (χ4v) is 1.34.